The zero-order valence-corrected chi connectivity index (χ0v) is 9.45. The van der Waals surface area contributed by atoms with Crippen LogP contribution in [0.3, 0.4) is 0 Å². The maximum absolute atomic E-state index is 12.8. The Hall–Kier alpha value is -1.56. The van der Waals surface area contributed by atoms with E-state index in [2.05, 4.69) is 0 Å². The van der Waals surface area contributed by atoms with Crippen LogP contribution >= 0.6 is 11.3 Å². The molecule has 6 heteroatoms. The summed E-state index contributed by atoms with van der Waals surface area (Å²) in [6.07, 6.45) is -4.47. The van der Waals surface area contributed by atoms with Gasteiger partial charge >= 0.3 is 12.1 Å². The fourth-order valence-electron chi connectivity index (χ4n) is 1.66. The van der Waals surface area contributed by atoms with Gasteiger partial charge in [0.15, 0.2) is 0 Å². The minimum Gasteiger partial charge on any atom is -0.477 e. The summed E-state index contributed by atoms with van der Waals surface area (Å²) < 4.78 is 38.5. The summed E-state index contributed by atoms with van der Waals surface area (Å²) in [6.45, 7) is 1.36. The molecule has 0 saturated heterocycles. The highest BCUT2D eigenvalue weighted by Crippen LogP contribution is 2.40. The topological polar surface area (TPSA) is 37.3 Å². The van der Waals surface area contributed by atoms with Gasteiger partial charge in [-0.25, -0.2) is 4.79 Å². The number of thiophene rings is 1. The van der Waals surface area contributed by atoms with Gasteiger partial charge in [0.2, 0.25) is 0 Å². The Morgan fingerprint density at radius 3 is 2.53 bits per heavy atom. The van der Waals surface area contributed by atoms with Crippen molar-refractivity contribution in [3.05, 3.63) is 34.2 Å². The molecule has 0 aliphatic rings. The standard InChI is InChI=1S/C11H7F3O2S/c1-5-2-3-6-4-7(10(15)16)17-9(6)8(5)11(12,13)14/h2-4H,1H3,(H,15,16). The van der Waals surface area contributed by atoms with E-state index in [-0.39, 0.29) is 15.1 Å². The van der Waals surface area contributed by atoms with E-state index >= 15 is 0 Å². The summed E-state index contributed by atoms with van der Waals surface area (Å²) in [4.78, 5) is 10.7. The van der Waals surface area contributed by atoms with Crippen LogP contribution in [0.25, 0.3) is 10.1 Å². The van der Waals surface area contributed by atoms with Crippen molar-refractivity contribution in [3.8, 4) is 0 Å². The molecule has 0 aliphatic heterocycles. The Labute approximate surface area is 98.3 Å². The van der Waals surface area contributed by atoms with Gasteiger partial charge < -0.3 is 5.11 Å². The maximum Gasteiger partial charge on any atom is 0.418 e. The van der Waals surface area contributed by atoms with E-state index in [0.717, 1.165) is 0 Å². The molecule has 2 nitrogen and oxygen atoms in total. The Balaban J connectivity index is 2.81. The molecule has 0 fully saturated rings. The minimum atomic E-state index is -4.47. The van der Waals surface area contributed by atoms with Crippen molar-refractivity contribution in [2.45, 2.75) is 13.1 Å². The van der Waals surface area contributed by atoms with Crippen LogP contribution in [-0.4, -0.2) is 11.1 Å². The quantitative estimate of drug-likeness (QED) is 0.843. The molecular formula is C11H7F3O2S. The van der Waals surface area contributed by atoms with E-state index in [4.69, 9.17) is 5.11 Å². The van der Waals surface area contributed by atoms with Crippen molar-refractivity contribution in [1.82, 2.24) is 0 Å². The van der Waals surface area contributed by atoms with Crippen molar-refractivity contribution in [2.75, 3.05) is 0 Å². The molecule has 0 aliphatic carbocycles. The second kappa shape index (κ2) is 3.73. The molecule has 0 amide bonds. The van der Waals surface area contributed by atoms with Crippen molar-refractivity contribution in [1.29, 1.82) is 0 Å². The molecule has 2 rings (SSSR count). The zero-order valence-electron chi connectivity index (χ0n) is 8.63. The molecular weight excluding hydrogens is 253 g/mol. The Bertz CT molecular complexity index is 599. The first kappa shape index (κ1) is 11.9. The predicted molar refractivity (Wildman–Crippen MR) is 58.5 cm³/mol. The van der Waals surface area contributed by atoms with Crippen LogP contribution in [0.15, 0.2) is 18.2 Å². The summed E-state index contributed by atoms with van der Waals surface area (Å²) in [5.74, 6) is -1.21. The van der Waals surface area contributed by atoms with Gasteiger partial charge in [0, 0.05) is 4.70 Å². The van der Waals surface area contributed by atoms with Crippen molar-refractivity contribution >= 4 is 27.4 Å². The van der Waals surface area contributed by atoms with Crippen molar-refractivity contribution in [3.63, 3.8) is 0 Å². The summed E-state index contributed by atoms with van der Waals surface area (Å²) in [5, 5.41) is 9.09. The molecule has 0 atom stereocenters. The zero-order chi connectivity index (χ0) is 12.8. The molecule has 90 valence electrons. The number of benzene rings is 1. The maximum atomic E-state index is 12.8. The van der Waals surface area contributed by atoms with Crippen molar-refractivity contribution in [2.24, 2.45) is 0 Å². The number of fused-ring (bicyclic) bond motifs is 1. The number of aromatic carboxylic acids is 1. The molecule has 1 aromatic carbocycles. The molecule has 0 unspecified atom stereocenters. The van der Waals surface area contributed by atoms with E-state index in [9.17, 15) is 18.0 Å². The average molecular weight is 260 g/mol. The SMILES string of the molecule is Cc1ccc2cc(C(=O)O)sc2c1C(F)(F)F. The third-order valence-electron chi connectivity index (χ3n) is 2.39. The van der Waals surface area contributed by atoms with E-state index in [1.165, 1.54) is 25.1 Å². The summed E-state index contributed by atoms with van der Waals surface area (Å²) in [5.41, 5.74) is -0.642. The van der Waals surface area contributed by atoms with Crippen LogP contribution in [0.2, 0.25) is 0 Å². The second-order valence-corrected chi connectivity index (χ2v) is 4.64. The lowest BCUT2D eigenvalue weighted by Crippen LogP contribution is -2.07. The van der Waals surface area contributed by atoms with Gasteiger partial charge in [-0.2, -0.15) is 13.2 Å². The van der Waals surface area contributed by atoms with Crippen LogP contribution in [0.1, 0.15) is 20.8 Å². The van der Waals surface area contributed by atoms with Crippen LogP contribution in [0, 0.1) is 6.92 Å². The molecule has 1 aromatic heterocycles. The molecule has 1 heterocycles. The molecule has 0 saturated carbocycles. The van der Waals surface area contributed by atoms with Gasteiger partial charge in [0.25, 0.3) is 0 Å². The van der Waals surface area contributed by atoms with Crippen LogP contribution in [0.4, 0.5) is 13.2 Å². The smallest absolute Gasteiger partial charge is 0.418 e. The largest absolute Gasteiger partial charge is 0.477 e. The van der Waals surface area contributed by atoms with Gasteiger partial charge in [-0.15, -0.1) is 11.3 Å². The van der Waals surface area contributed by atoms with Gasteiger partial charge in [-0.05, 0) is 23.9 Å². The number of carboxylic acids is 1. The number of hydrogen-bond acceptors (Lipinski definition) is 2. The van der Waals surface area contributed by atoms with Crippen LogP contribution < -0.4 is 0 Å². The normalized spacial score (nSPS) is 12.0. The summed E-state index contributed by atoms with van der Waals surface area (Å²) in [7, 11) is 0. The number of halogens is 3. The van der Waals surface area contributed by atoms with Gasteiger partial charge in [0.05, 0.1) is 5.56 Å². The first-order chi connectivity index (χ1) is 7.80. The molecule has 2 aromatic rings. The monoisotopic (exact) mass is 260 g/mol. The van der Waals surface area contributed by atoms with E-state index in [0.29, 0.717) is 16.7 Å². The van der Waals surface area contributed by atoms with Crippen LogP contribution in [-0.2, 0) is 6.18 Å². The number of alkyl halides is 3. The third-order valence-corrected chi connectivity index (χ3v) is 3.55. The molecule has 0 bridgehead atoms. The van der Waals surface area contributed by atoms with Crippen molar-refractivity contribution < 1.29 is 23.1 Å². The molecule has 1 N–H and O–H groups in total. The van der Waals surface area contributed by atoms with Gasteiger partial charge in [-0.3, -0.25) is 0 Å². The first-order valence-corrected chi connectivity index (χ1v) is 5.46. The number of carboxylic acid groups (broad SMARTS) is 1. The second-order valence-electron chi connectivity index (χ2n) is 3.59. The van der Waals surface area contributed by atoms with E-state index in [1.54, 1.807) is 0 Å². The number of aryl methyl sites for hydroxylation is 1. The summed E-state index contributed by atoms with van der Waals surface area (Å²) in [6, 6.07) is 4.11. The Morgan fingerprint density at radius 2 is 2.00 bits per heavy atom. The minimum absolute atomic E-state index is 0.0186. The lowest BCUT2D eigenvalue weighted by molar-refractivity contribution is -0.136. The lowest BCUT2D eigenvalue weighted by atomic mass is 10.1. The average Bonchev–Trinajstić information content (AvgIpc) is 2.58. The van der Waals surface area contributed by atoms with E-state index < -0.39 is 17.7 Å². The molecule has 17 heavy (non-hydrogen) atoms. The van der Waals surface area contributed by atoms with E-state index in [1.807, 2.05) is 0 Å². The fourth-order valence-corrected chi connectivity index (χ4v) is 2.78. The highest BCUT2D eigenvalue weighted by molar-refractivity contribution is 7.21. The number of hydrogen-bond donors (Lipinski definition) is 1. The Kier molecular flexibility index (Phi) is 2.61. The number of carbonyl (C=O) groups is 1. The fraction of sp³-hybridized carbons (Fsp3) is 0.182. The highest BCUT2D eigenvalue weighted by atomic mass is 32.1. The molecule has 0 spiro atoms. The molecule has 0 radical (unpaired) electrons. The number of rotatable bonds is 1. The van der Waals surface area contributed by atoms with Gasteiger partial charge in [-0.1, -0.05) is 12.1 Å². The Morgan fingerprint density at radius 1 is 1.35 bits per heavy atom. The predicted octanol–water partition coefficient (Wildman–Crippen LogP) is 3.93. The summed E-state index contributed by atoms with van der Waals surface area (Å²) >= 11 is 0.653. The lowest BCUT2D eigenvalue weighted by Gasteiger charge is -2.10. The van der Waals surface area contributed by atoms with Crippen LogP contribution in [0.5, 0.6) is 0 Å². The first-order valence-electron chi connectivity index (χ1n) is 4.64. The highest BCUT2D eigenvalue weighted by Gasteiger charge is 2.35. The van der Waals surface area contributed by atoms with Gasteiger partial charge in [0.1, 0.15) is 4.88 Å². The third kappa shape index (κ3) is 2.00.